The van der Waals surface area contributed by atoms with Crippen molar-refractivity contribution < 1.29 is 14.3 Å². The summed E-state index contributed by atoms with van der Waals surface area (Å²) in [5.41, 5.74) is 3.01. The first-order valence-electron chi connectivity index (χ1n) is 7.97. The number of hydrogen-bond donors (Lipinski definition) is 2. The number of aromatic nitrogens is 2. The number of alkyl carbamates (subject to hydrolysis) is 1. The van der Waals surface area contributed by atoms with Crippen molar-refractivity contribution in [3.63, 3.8) is 0 Å². The monoisotopic (exact) mass is 340 g/mol. The number of benzene rings is 1. The van der Waals surface area contributed by atoms with E-state index < -0.39 is 6.09 Å². The molecule has 7 heteroatoms. The lowest BCUT2D eigenvalue weighted by molar-refractivity contribution is -0.130. The Morgan fingerprint density at radius 1 is 1.36 bits per heavy atom. The van der Waals surface area contributed by atoms with Crippen LogP contribution < -0.4 is 5.32 Å². The molecule has 7 nitrogen and oxygen atoms in total. The van der Waals surface area contributed by atoms with Crippen LogP contribution in [0, 0.1) is 0 Å². The molecule has 2 amide bonds. The molecule has 2 aromatic rings. The molecule has 0 aliphatic carbocycles. The number of rotatable bonds is 4. The highest BCUT2D eigenvalue weighted by Gasteiger charge is 2.30. The Morgan fingerprint density at radius 3 is 2.84 bits per heavy atom. The first kappa shape index (κ1) is 16.8. The van der Waals surface area contributed by atoms with Gasteiger partial charge in [0, 0.05) is 6.54 Å². The summed E-state index contributed by atoms with van der Waals surface area (Å²) in [4.78, 5) is 33.0. The first-order chi connectivity index (χ1) is 12.1. The number of nitrogens with one attached hydrogen (secondary N) is 2. The van der Waals surface area contributed by atoms with Crippen molar-refractivity contribution in [3.8, 4) is 11.3 Å². The van der Waals surface area contributed by atoms with E-state index in [1.54, 1.807) is 11.1 Å². The van der Waals surface area contributed by atoms with Gasteiger partial charge >= 0.3 is 6.09 Å². The number of H-pyrrole nitrogens is 1. The van der Waals surface area contributed by atoms with Gasteiger partial charge in [-0.1, -0.05) is 42.0 Å². The number of carbonyl (C=O) groups excluding carboxylic acids is 2. The van der Waals surface area contributed by atoms with Crippen molar-refractivity contribution in [3.05, 3.63) is 54.0 Å². The SMILES string of the molecule is COC(=O)NCC(=O)N1CC(C)=CC1c1ncc(-c2ccccc2)[nH]1. The predicted octanol–water partition coefficient (Wildman–Crippen LogP) is 2.26. The van der Waals surface area contributed by atoms with Crippen molar-refractivity contribution in [2.75, 3.05) is 20.2 Å². The minimum Gasteiger partial charge on any atom is -0.453 e. The third-order valence-corrected chi connectivity index (χ3v) is 4.05. The first-order valence-corrected chi connectivity index (χ1v) is 7.97. The maximum absolute atomic E-state index is 12.5. The van der Waals surface area contributed by atoms with E-state index in [0.29, 0.717) is 12.4 Å². The Balaban J connectivity index is 1.76. The average Bonchev–Trinajstić information content (AvgIpc) is 3.26. The van der Waals surface area contributed by atoms with Gasteiger partial charge in [0.05, 0.1) is 19.0 Å². The Labute approximate surface area is 145 Å². The smallest absolute Gasteiger partial charge is 0.407 e. The van der Waals surface area contributed by atoms with E-state index in [4.69, 9.17) is 0 Å². The average molecular weight is 340 g/mol. The third-order valence-electron chi connectivity index (χ3n) is 4.05. The van der Waals surface area contributed by atoms with Crippen LogP contribution in [0.15, 0.2) is 48.2 Å². The zero-order chi connectivity index (χ0) is 17.8. The van der Waals surface area contributed by atoms with Gasteiger partial charge in [-0.25, -0.2) is 9.78 Å². The summed E-state index contributed by atoms with van der Waals surface area (Å²) in [5.74, 6) is 0.503. The molecule has 0 radical (unpaired) electrons. The lowest BCUT2D eigenvalue weighted by Crippen LogP contribution is -2.40. The van der Waals surface area contributed by atoms with Crippen LogP contribution in [0.2, 0.25) is 0 Å². The fraction of sp³-hybridized carbons (Fsp3) is 0.278. The largest absolute Gasteiger partial charge is 0.453 e. The molecule has 1 aromatic heterocycles. The zero-order valence-corrected chi connectivity index (χ0v) is 14.2. The number of hydrogen-bond acceptors (Lipinski definition) is 4. The summed E-state index contributed by atoms with van der Waals surface area (Å²) >= 11 is 0. The molecule has 130 valence electrons. The molecule has 0 saturated carbocycles. The van der Waals surface area contributed by atoms with E-state index in [1.165, 1.54) is 7.11 Å². The van der Waals surface area contributed by atoms with Gasteiger partial charge < -0.3 is 19.9 Å². The van der Waals surface area contributed by atoms with E-state index in [-0.39, 0.29) is 18.5 Å². The van der Waals surface area contributed by atoms with Gasteiger partial charge in [0.2, 0.25) is 5.91 Å². The van der Waals surface area contributed by atoms with Crippen LogP contribution in [-0.4, -0.2) is 47.1 Å². The van der Waals surface area contributed by atoms with Crippen molar-refractivity contribution in [1.29, 1.82) is 0 Å². The van der Waals surface area contributed by atoms with Gasteiger partial charge in [-0.05, 0) is 12.5 Å². The molecule has 0 spiro atoms. The lowest BCUT2D eigenvalue weighted by atomic mass is 10.2. The van der Waals surface area contributed by atoms with Crippen LogP contribution in [0.25, 0.3) is 11.3 Å². The number of carbonyl (C=O) groups is 2. The van der Waals surface area contributed by atoms with Crippen molar-refractivity contribution >= 4 is 12.0 Å². The third kappa shape index (κ3) is 3.71. The molecule has 1 unspecified atom stereocenters. The second kappa shape index (κ2) is 7.21. The molecular formula is C18H20N4O3. The molecule has 1 aliphatic heterocycles. The van der Waals surface area contributed by atoms with Crippen molar-refractivity contribution in [2.45, 2.75) is 13.0 Å². The van der Waals surface area contributed by atoms with Gasteiger partial charge in [-0.2, -0.15) is 0 Å². The molecule has 2 N–H and O–H groups in total. The molecule has 0 saturated heterocycles. The number of imidazole rings is 1. The summed E-state index contributed by atoms with van der Waals surface area (Å²) in [5, 5.41) is 2.42. The van der Waals surface area contributed by atoms with Crippen LogP contribution in [0.1, 0.15) is 18.8 Å². The highest BCUT2D eigenvalue weighted by atomic mass is 16.5. The van der Waals surface area contributed by atoms with Crippen LogP contribution in [0.3, 0.4) is 0 Å². The Hall–Kier alpha value is -3.09. The summed E-state index contributed by atoms with van der Waals surface area (Å²) in [6.45, 7) is 2.36. The molecule has 0 bridgehead atoms. The number of methoxy groups -OCH3 is 1. The molecule has 1 atom stereocenters. The second-order valence-electron chi connectivity index (χ2n) is 5.87. The Bertz CT molecular complexity index is 798. The Kier molecular flexibility index (Phi) is 4.83. The fourth-order valence-corrected chi connectivity index (χ4v) is 2.82. The number of amides is 2. The zero-order valence-electron chi connectivity index (χ0n) is 14.2. The summed E-state index contributed by atoms with van der Waals surface area (Å²) in [6.07, 6.45) is 3.14. The normalized spacial score (nSPS) is 16.5. The minimum absolute atomic E-state index is 0.115. The van der Waals surface area contributed by atoms with Crippen LogP contribution in [-0.2, 0) is 9.53 Å². The minimum atomic E-state index is -0.627. The molecule has 2 heterocycles. The van der Waals surface area contributed by atoms with Gasteiger partial charge in [-0.3, -0.25) is 4.79 Å². The lowest BCUT2D eigenvalue weighted by Gasteiger charge is -2.23. The summed E-state index contributed by atoms with van der Waals surface area (Å²) in [7, 11) is 1.26. The molecule has 3 rings (SSSR count). The molecule has 0 fully saturated rings. The van der Waals surface area contributed by atoms with Gasteiger partial charge in [-0.15, -0.1) is 0 Å². The Morgan fingerprint density at radius 2 is 2.12 bits per heavy atom. The van der Waals surface area contributed by atoms with E-state index in [2.05, 4.69) is 20.0 Å². The highest BCUT2D eigenvalue weighted by molar-refractivity contribution is 5.83. The van der Waals surface area contributed by atoms with E-state index >= 15 is 0 Å². The van der Waals surface area contributed by atoms with Crippen molar-refractivity contribution in [2.24, 2.45) is 0 Å². The molecule has 25 heavy (non-hydrogen) atoms. The molecule has 1 aromatic carbocycles. The molecule has 1 aliphatic rings. The quantitative estimate of drug-likeness (QED) is 0.836. The van der Waals surface area contributed by atoms with E-state index in [9.17, 15) is 9.59 Å². The second-order valence-corrected chi connectivity index (χ2v) is 5.87. The van der Waals surface area contributed by atoms with Gasteiger partial charge in [0.1, 0.15) is 18.4 Å². The fourth-order valence-electron chi connectivity index (χ4n) is 2.82. The topological polar surface area (TPSA) is 87.3 Å². The summed E-state index contributed by atoms with van der Waals surface area (Å²) < 4.78 is 4.50. The number of ether oxygens (including phenoxy) is 1. The van der Waals surface area contributed by atoms with E-state index in [0.717, 1.165) is 16.8 Å². The van der Waals surface area contributed by atoms with Crippen molar-refractivity contribution in [1.82, 2.24) is 20.2 Å². The highest BCUT2D eigenvalue weighted by Crippen LogP contribution is 2.29. The van der Waals surface area contributed by atoms with Crippen LogP contribution >= 0.6 is 0 Å². The standard InChI is InChI=1S/C18H20N4O3/c1-12-8-15(22(11-12)16(23)10-20-18(24)25-2)17-19-9-14(21-17)13-6-4-3-5-7-13/h3-9,15H,10-11H2,1-2H3,(H,19,21)(H,20,24). The maximum Gasteiger partial charge on any atom is 0.407 e. The molecular weight excluding hydrogens is 320 g/mol. The van der Waals surface area contributed by atoms with E-state index in [1.807, 2.05) is 43.3 Å². The maximum atomic E-state index is 12.5. The number of nitrogens with zero attached hydrogens (tertiary/aromatic N) is 2. The number of aromatic amines is 1. The van der Waals surface area contributed by atoms with Crippen LogP contribution in [0.5, 0.6) is 0 Å². The predicted molar refractivity (Wildman–Crippen MR) is 92.6 cm³/mol. The van der Waals surface area contributed by atoms with Gasteiger partial charge in [0.25, 0.3) is 0 Å². The van der Waals surface area contributed by atoms with Gasteiger partial charge in [0.15, 0.2) is 0 Å². The van der Waals surface area contributed by atoms with Crippen LogP contribution in [0.4, 0.5) is 4.79 Å². The summed E-state index contributed by atoms with van der Waals surface area (Å²) in [6, 6.07) is 9.60.